The summed E-state index contributed by atoms with van der Waals surface area (Å²) in [5, 5.41) is 12.7. The van der Waals surface area contributed by atoms with Crippen molar-refractivity contribution in [2.24, 2.45) is 11.8 Å². The lowest BCUT2D eigenvalue weighted by molar-refractivity contribution is -0.168. The molecule has 0 bridgehead atoms. The highest BCUT2D eigenvalue weighted by Gasteiger charge is 2.45. The molecular weight excluding hydrogens is 329 g/mol. The maximum atomic E-state index is 14.4. The van der Waals surface area contributed by atoms with Crippen LogP contribution >= 0.6 is 0 Å². The Kier molecular flexibility index (Phi) is 5.67. The highest BCUT2D eigenvalue weighted by Crippen LogP contribution is 2.36. The van der Waals surface area contributed by atoms with Gasteiger partial charge in [-0.3, -0.25) is 9.59 Å². The second-order valence-electron chi connectivity index (χ2n) is 7.16. The van der Waals surface area contributed by atoms with Crippen molar-refractivity contribution in [3.63, 3.8) is 0 Å². The number of benzene rings is 1. The van der Waals surface area contributed by atoms with Gasteiger partial charge in [-0.15, -0.1) is 0 Å². The van der Waals surface area contributed by atoms with E-state index in [2.05, 4.69) is 5.32 Å². The molecular formula is C18H24FNO5. The second-order valence-corrected chi connectivity index (χ2v) is 7.16. The van der Waals surface area contributed by atoms with Crippen LogP contribution in [0.1, 0.15) is 32.3 Å². The molecule has 138 valence electrons. The van der Waals surface area contributed by atoms with Crippen LogP contribution in [0.2, 0.25) is 0 Å². The van der Waals surface area contributed by atoms with Crippen molar-refractivity contribution >= 4 is 11.9 Å². The Hall–Kier alpha value is -2.15. The molecule has 0 amide bonds. The van der Waals surface area contributed by atoms with Gasteiger partial charge in [0.15, 0.2) is 0 Å². The van der Waals surface area contributed by atoms with Crippen LogP contribution < -0.4 is 10.1 Å². The largest absolute Gasteiger partial charge is 0.497 e. The number of carboxylic acids is 1. The Morgan fingerprint density at radius 3 is 2.48 bits per heavy atom. The van der Waals surface area contributed by atoms with E-state index in [4.69, 9.17) is 9.47 Å². The van der Waals surface area contributed by atoms with Crippen molar-refractivity contribution in [1.82, 2.24) is 5.32 Å². The Balaban J connectivity index is 2.35. The highest BCUT2D eigenvalue weighted by atomic mass is 19.1. The fourth-order valence-corrected chi connectivity index (χ4v) is 3.12. The molecule has 25 heavy (non-hydrogen) atoms. The van der Waals surface area contributed by atoms with Crippen LogP contribution in [0.4, 0.5) is 4.39 Å². The molecule has 0 spiro atoms. The highest BCUT2D eigenvalue weighted by molar-refractivity contribution is 5.82. The molecule has 2 N–H and O–H groups in total. The van der Waals surface area contributed by atoms with Gasteiger partial charge < -0.3 is 19.9 Å². The summed E-state index contributed by atoms with van der Waals surface area (Å²) in [5.74, 6) is -4.59. The first-order valence-electron chi connectivity index (χ1n) is 8.14. The number of rotatable bonds is 4. The van der Waals surface area contributed by atoms with Crippen LogP contribution in [0.5, 0.6) is 5.75 Å². The third-order valence-electron chi connectivity index (χ3n) is 4.20. The zero-order valence-electron chi connectivity index (χ0n) is 14.8. The molecule has 1 fully saturated rings. The molecule has 0 saturated carbocycles. The lowest BCUT2D eigenvalue weighted by atomic mass is 9.75. The van der Waals surface area contributed by atoms with E-state index in [1.54, 1.807) is 26.8 Å². The zero-order valence-corrected chi connectivity index (χ0v) is 14.8. The maximum Gasteiger partial charge on any atom is 0.311 e. The van der Waals surface area contributed by atoms with Gasteiger partial charge in [-0.1, -0.05) is 6.07 Å². The monoisotopic (exact) mass is 353 g/mol. The zero-order chi connectivity index (χ0) is 18.8. The molecule has 6 nitrogen and oxygen atoms in total. The lowest BCUT2D eigenvalue weighted by Crippen LogP contribution is -2.50. The number of carbonyl (C=O) groups excluding carboxylic acids is 1. The van der Waals surface area contributed by atoms with Gasteiger partial charge in [0.2, 0.25) is 0 Å². The number of hydrogen-bond acceptors (Lipinski definition) is 5. The molecule has 1 aromatic rings. The normalized spacial score (nSPS) is 23.8. The predicted molar refractivity (Wildman–Crippen MR) is 89.0 cm³/mol. The van der Waals surface area contributed by atoms with E-state index in [1.807, 2.05) is 0 Å². The molecule has 1 aliphatic heterocycles. The van der Waals surface area contributed by atoms with E-state index in [9.17, 15) is 19.1 Å². The maximum absolute atomic E-state index is 14.4. The van der Waals surface area contributed by atoms with Crippen LogP contribution in [-0.2, 0) is 14.3 Å². The van der Waals surface area contributed by atoms with Gasteiger partial charge >= 0.3 is 11.9 Å². The minimum atomic E-state index is -1.14. The topological polar surface area (TPSA) is 84.9 Å². The van der Waals surface area contributed by atoms with Crippen molar-refractivity contribution in [1.29, 1.82) is 0 Å². The van der Waals surface area contributed by atoms with Gasteiger partial charge in [-0.25, -0.2) is 4.39 Å². The molecule has 1 heterocycles. The van der Waals surface area contributed by atoms with E-state index in [0.717, 1.165) is 0 Å². The first kappa shape index (κ1) is 19.2. The van der Waals surface area contributed by atoms with Crippen molar-refractivity contribution in [2.75, 3.05) is 20.2 Å². The van der Waals surface area contributed by atoms with E-state index in [-0.39, 0.29) is 18.7 Å². The number of methoxy groups -OCH3 is 1. The third-order valence-corrected chi connectivity index (χ3v) is 4.20. The van der Waals surface area contributed by atoms with E-state index >= 15 is 0 Å². The van der Waals surface area contributed by atoms with Gasteiger partial charge in [0.1, 0.15) is 17.2 Å². The van der Waals surface area contributed by atoms with Gasteiger partial charge in [0.25, 0.3) is 0 Å². The van der Waals surface area contributed by atoms with Gasteiger partial charge in [0, 0.05) is 25.1 Å². The number of ether oxygens (including phenoxy) is 2. The van der Waals surface area contributed by atoms with Crippen LogP contribution in [0.25, 0.3) is 0 Å². The van der Waals surface area contributed by atoms with Crippen LogP contribution in [-0.4, -0.2) is 42.8 Å². The van der Waals surface area contributed by atoms with Crippen molar-refractivity contribution in [3.8, 4) is 5.75 Å². The van der Waals surface area contributed by atoms with Crippen LogP contribution in [0.15, 0.2) is 18.2 Å². The Morgan fingerprint density at radius 2 is 1.96 bits per heavy atom. The average molecular weight is 353 g/mol. The summed E-state index contributed by atoms with van der Waals surface area (Å²) < 4.78 is 24.8. The summed E-state index contributed by atoms with van der Waals surface area (Å²) in [6.45, 7) is 5.60. The minimum Gasteiger partial charge on any atom is -0.497 e. The average Bonchev–Trinajstić information content (AvgIpc) is 2.52. The SMILES string of the molecule is COc1ccc(C2CNCC(C(=O)OC(C)(C)C)C2C(=O)O)c(F)c1. The summed E-state index contributed by atoms with van der Waals surface area (Å²) in [4.78, 5) is 24.3. The van der Waals surface area contributed by atoms with Gasteiger partial charge in [0.05, 0.1) is 18.9 Å². The summed E-state index contributed by atoms with van der Waals surface area (Å²) in [5.41, 5.74) is -0.479. The number of piperidine rings is 1. The number of halogens is 1. The number of carbonyl (C=O) groups is 2. The van der Waals surface area contributed by atoms with Gasteiger partial charge in [-0.05, 0) is 32.4 Å². The molecule has 7 heteroatoms. The summed E-state index contributed by atoms with van der Waals surface area (Å²) in [6.07, 6.45) is 0. The standard InChI is InChI=1S/C18H24FNO5/c1-18(2,3)25-17(23)13-9-20-8-12(15(13)16(21)22)11-6-5-10(24-4)7-14(11)19/h5-7,12-13,15,20H,8-9H2,1-4H3,(H,21,22). The molecule has 0 radical (unpaired) electrons. The third kappa shape index (κ3) is 4.48. The second kappa shape index (κ2) is 7.39. The van der Waals surface area contributed by atoms with Crippen molar-refractivity contribution < 1.29 is 28.6 Å². The van der Waals surface area contributed by atoms with E-state index < -0.39 is 41.1 Å². The fraction of sp³-hybridized carbons (Fsp3) is 0.556. The van der Waals surface area contributed by atoms with Gasteiger partial charge in [-0.2, -0.15) is 0 Å². The van der Waals surface area contributed by atoms with E-state index in [1.165, 1.54) is 19.2 Å². The number of esters is 1. The Morgan fingerprint density at radius 1 is 1.28 bits per heavy atom. The van der Waals surface area contributed by atoms with Crippen LogP contribution in [0, 0.1) is 17.7 Å². The van der Waals surface area contributed by atoms with E-state index in [0.29, 0.717) is 5.75 Å². The molecule has 3 unspecified atom stereocenters. The number of hydrogen-bond donors (Lipinski definition) is 2. The Labute approximate surface area is 146 Å². The first-order valence-corrected chi connectivity index (χ1v) is 8.14. The Bertz CT molecular complexity index is 655. The first-order chi connectivity index (χ1) is 11.6. The number of carboxylic acid groups (broad SMARTS) is 1. The molecule has 0 aliphatic carbocycles. The lowest BCUT2D eigenvalue weighted by Gasteiger charge is -2.36. The molecule has 2 rings (SSSR count). The number of nitrogens with one attached hydrogen (secondary N) is 1. The molecule has 0 aromatic heterocycles. The smallest absolute Gasteiger partial charge is 0.311 e. The predicted octanol–water partition coefficient (Wildman–Crippen LogP) is 2.18. The molecule has 1 aliphatic rings. The fourth-order valence-electron chi connectivity index (χ4n) is 3.12. The number of aliphatic carboxylic acids is 1. The summed E-state index contributed by atoms with van der Waals surface area (Å²) in [7, 11) is 1.43. The quantitative estimate of drug-likeness (QED) is 0.807. The molecule has 3 atom stereocenters. The van der Waals surface area contributed by atoms with Crippen molar-refractivity contribution in [2.45, 2.75) is 32.3 Å². The molecule has 1 aromatic carbocycles. The summed E-state index contributed by atoms with van der Waals surface area (Å²) in [6, 6.07) is 4.30. The summed E-state index contributed by atoms with van der Waals surface area (Å²) >= 11 is 0. The van der Waals surface area contributed by atoms with Crippen LogP contribution in [0.3, 0.4) is 0 Å². The minimum absolute atomic E-state index is 0.181. The molecule has 1 saturated heterocycles. The van der Waals surface area contributed by atoms with Crippen molar-refractivity contribution in [3.05, 3.63) is 29.6 Å².